The van der Waals surface area contributed by atoms with E-state index in [0.29, 0.717) is 18.4 Å². The summed E-state index contributed by atoms with van der Waals surface area (Å²) in [5.41, 5.74) is 6.36. The molecule has 1 unspecified atom stereocenters. The van der Waals surface area contributed by atoms with Crippen LogP contribution in [0, 0.1) is 5.92 Å². The van der Waals surface area contributed by atoms with Gasteiger partial charge in [0.2, 0.25) is 5.91 Å². The Hall–Kier alpha value is -1.71. The van der Waals surface area contributed by atoms with Gasteiger partial charge in [-0.25, -0.2) is 0 Å². The van der Waals surface area contributed by atoms with Crippen molar-refractivity contribution in [2.45, 2.75) is 32.6 Å². The van der Waals surface area contributed by atoms with Crippen LogP contribution in [0.3, 0.4) is 0 Å². The lowest BCUT2D eigenvalue weighted by Crippen LogP contribution is -2.27. The minimum absolute atomic E-state index is 0.302. The lowest BCUT2D eigenvalue weighted by atomic mass is 10.0. The van der Waals surface area contributed by atoms with Gasteiger partial charge in [-0.1, -0.05) is 13.3 Å². The molecule has 20 heavy (non-hydrogen) atoms. The number of nitrogens with two attached hydrogens (primary N) is 1. The van der Waals surface area contributed by atoms with Crippen molar-refractivity contribution >= 4 is 11.6 Å². The zero-order valence-electron chi connectivity index (χ0n) is 12.2. The number of rotatable bonds is 7. The maximum Gasteiger partial charge on any atom is 0.222 e. The highest BCUT2D eigenvalue weighted by Gasteiger charge is 2.28. The summed E-state index contributed by atoms with van der Waals surface area (Å²) in [6.45, 7) is 4.53. The van der Waals surface area contributed by atoms with Gasteiger partial charge in [0.15, 0.2) is 0 Å². The van der Waals surface area contributed by atoms with Gasteiger partial charge >= 0.3 is 0 Å². The van der Waals surface area contributed by atoms with E-state index in [-0.39, 0.29) is 0 Å². The Morgan fingerprint density at radius 3 is 2.80 bits per heavy atom. The Bertz CT molecular complexity index is 431. The number of anilines is 1. The van der Waals surface area contributed by atoms with Gasteiger partial charge in [-0.2, -0.15) is 0 Å². The number of likely N-dealkylation sites (tertiary alicyclic amines) is 1. The van der Waals surface area contributed by atoms with Crippen LogP contribution in [-0.2, 0) is 4.79 Å². The van der Waals surface area contributed by atoms with Gasteiger partial charge in [0, 0.05) is 25.2 Å². The number of benzene rings is 1. The average molecular weight is 276 g/mol. The quantitative estimate of drug-likeness (QED) is 0.615. The highest BCUT2D eigenvalue weighted by Crippen LogP contribution is 2.22. The second kappa shape index (κ2) is 7.17. The highest BCUT2D eigenvalue weighted by atomic mass is 16.5. The van der Waals surface area contributed by atoms with E-state index in [4.69, 9.17) is 10.5 Å². The Balaban J connectivity index is 1.66. The molecule has 1 heterocycles. The van der Waals surface area contributed by atoms with Crippen LogP contribution in [0.25, 0.3) is 0 Å². The molecule has 2 N–H and O–H groups in total. The number of nitrogen functional groups attached to an aromatic ring is 1. The number of hydrogen-bond acceptors (Lipinski definition) is 3. The summed E-state index contributed by atoms with van der Waals surface area (Å²) < 4.78 is 5.64. The van der Waals surface area contributed by atoms with Crippen molar-refractivity contribution in [1.82, 2.24) is 4.90 Å². The second-order valence-corrected chi connectivity index (χ2v) is 5.47. The van der Waals surface area contributed by atoms with Crippen LogP contribution in [0.1, 0.15) is 32.6 Å². The molecular formula is C16H24N2O2. The maximum absolute atomic E-state index is 11.8. The second-order valence-electron chi connectivity index (χ2n) is 5.47. The van der Waals surface area contributed by atoms with E-state index in [1.807, 2.05) is 29.2 Å². The number of ether oxygens (including phenoxy) is 1. The molecule has 4 heteroatoms. The van der Waals surface area contributed by atoms with Crippen LogP contribution in [0.2, 0.25) is 0 Å². The first-order chi connectivity index (χ1) is 9.69. The third-order valence-corrected chi connectivity index (χ3v) is 3.71. The lowest BCUT2D eigenvalue weighted by Gasteiger charge is -2.16. The van der Waals surface area contributed by atoms with E-state index in [2.05, 4.69) is 6.92 Å². The molecule has 0 aromatic heterocycles. The molecule has 1 aliphatic heterocycles. The van der Waals surface area contributed by atoms with E-state index < -0.39 is 0 Å². The van der Waals surface area contributed by atoms with Gasteiger partial charge in [-0.15, -0.1) is 0 Å². The normalized spacial score (nSPS) is 18.6. The summed E-state index contributed by atoms with van der Waals surface area (Å²) in [4.78, 5) is 13.8. The average Bonchev–Trinajstić information content (AvgIpc) is 2.77. The Morgan fingerprint density at radius 2 is 2.10 bits per heavy atom. The molecule has 0 spiro atoms. The minimum atomic E-state index is 0.302. The molecule has 0 bridgehead atoms. The molecule has 4 nitrogen and oxygen atoms in total. The van der Waals surface area contributed by atoms with E-state index in [0.717, 1.165) is 50.2 Å². The highest BCUT2D eigenvalue weighted by molar-refractivity contribution is 5.78. The summed E-state index contributed by atoms with van der Waals surface area (Å²) in [5.74, 6) is 1.69. The van der Waals surface area contributed by atoms with E-state index in [9.17, 15) is 4.79 Å². The van der Waals surface area contributed by atoms with Crippen LogP contribution in [0.15, 0.2) is 24.3 Å². The van der Waals surface area contributed by atoms with Crippen LogP contribution < -0.4 is 10.5 Å². The van der Waals surface area contributed by atoms with Crippen molar-refractivity contribution in [1.29, 1.82) is 0 Å². The van der Waals surface area contributed by atoms with Crippen molar-refractivity contribution < 1.29 is 9.53 Å². The van der Waals surface area contributed by atoms with Gasteiger partial charge in [0.05, 0.1) is 6.61 Å². The first-order valence-electron chi connectivity index (χ1n) is 7.45. The summed E-state index contributed by atoms with van der Waals surface area (Å²) in [6, 6.07) is 7.39. The molecule has 0 saturated carbocycles. The zero-order chi connectivity index (χ0) is 14.4. The Kier molecular flexibility index (Phi) is 5.27. The van der Waals surface area contributed by atoms with Crippen LogP contribution in [0.5, 0.6) is 5.75 Å². The lowest BCUT2D eigenvalue weighted by molar-refractivity contribution is -0.127. The molecule has 1 saturated heterocycles. The van der Waals surface area contributed by atoms with E-state index in [1.54, 1.807) is 0 Å². The fourth-order valence-corrected chi connectivity index (χ4v) is 2.68. The van der Waals surface area contributed by atoms with Crippen LogP contribution >= 0.6 is 0 Å². The molecule has 1 aliphatic rings. The summed E-state index contributed by atoms with van der Waals surface area (Å²) in [5, 5.41) is 0. The summed E-state index contributed by atoms with van der Waals surface area (Å²) in [6.07, 6.45) is 3.91. The molecule has 1 fully saturated rings. The summed E-state index contributed by atoms with van der Waals surface area (Å²) in [7, 11) is 0. The minimum Gasteiger partial charge on any atom is -0.494 e. The van der Waals surface area contributed by atoms with Crippen molar-refractivity contribution in [3.05, 3.63) is 24.3 Å². The van der Waals surface area contributed by atoms with Gasteiger partial charge in [0.1, 0.15) is 5.75 Å². The molecule has 0 radical (unpaired) electrons. The smallest absolute Gasteiger partial charge is 0.222 e. The maximum atomic E-state index is 11.8. The predicted octanol–water partition coefficient (Wildman–Crippen LogP) is 2.69. The number of nitrogens with zero attached hydrogens (tertiary/aromatic N) is 1. The van der Waals surface area contributed by atoms with E-state index >= 15 is 0 Å². The van der Waals surface area contributed by atoms with E-state index in [1.165, 1.54) is 0 Å². The van der Waals surface area contributed by atoms with Crippen LogP contribution in [-0.4, -0.2) is 30.5 Å². The molecule has 1 aromatic rings. The number of amides is 1. The largest absolute Gasteiger partial charge is 0.494 e. The fourth-order valence-electron chi connectivity index (χ4n) is 2.68. The Labute approximate surface area is 120 Å². The third-order valence-electron chi connectivity index (χ3n) is 3.71. The van der Waals surface area contributed by atoms with Crippen molar-refractivity contribution in [3.63, 3.8) is 0 Å². The molecule has 110 valence electrons. The number of carbonyl (C=O) groups excluding carboxylic acids is 1. The monoisotopic (exact) mass is 276 g/mol. The topological polar surface area (TPSA) is 55.6 Å². The van der Waals surface area contributed by atoms with Gasteiger partial charge < -0.3 is 15.4 Å². The number of hydrogen-bond donors (Lipinski definition) is 1. The molecule has 1 aromatic carbocycles. The molecule has 1 amide bonds. The first kappa shape index (κ1) is 14.7. The fraction of sp³-hybridized carbons (Fsp3) is 0.562. The van der Waals surface area contributed by atoms with Gasteiger partial charge in [-0.3, -0.25) is 4.79 Å². The molecule has 0 aliphatic carbocycles. The van der Waals surface area contributed by atoms with Gasteiger partial charge in [0.25, 0.3) is 0 Å². The summed E-state index contributed by atoms with van der Waals surface area (Å²) >= 11 is 0. The van der Waals surface area contributed by atoms with Crippen molar-refractivity contribution in [2.75, 3.05) is 25.4 Å². The van der Waals surface area contributed by atoms with Crippen molar-refractivity contribution in [2.24, 2.45) is 5.92 Å². The molecule has 2 rings (SSSR count). The first-order valence-corrected chi connectivity index (χ1v) is 7.45. The number of carbonyl (C=O) groups is 1. The molecule has 1 atom stereocenters. The third kappa shape index (κ3) is 4.15. The SMILES string of the molecule is CCCC1CC(=O)N(CCCOc2ccc(N)cc2)C1. The van der Waals surface area contributed by atoms with Gasteiger partial charge in [-0.05, 0) is 43.0 Å². The predicted molar refractivity (Wildman–Crippen MR) is 80.6 cm³/mol. The van der Waals surface area contributed by atoms with Crippen LogP contribution in [0.4, 0.5) is 5.69 Å². The standard InChI is InChI=1S/C16H24N2O2/c1-2-4-13-11-16(19)18(12-13)9-3-10-20-15-7-5-14(17)6-8-15/h5-8,13H,2-4,9-12,17H2,1H3. The van der Waals surface area contributed by atoms with Crippen molar-refractivity contribution in [3.8, 4) is 5.75 Å². The zero-order valence-corrected chi connectivity index (χ0v) is 12.2. The Morgan fingerprint density at radius 1 is 1.35 bits per heavy atom. The molecular weight excluding hydrogens is 252 g/mol.